The Morgan fingerprint density at radius 3 is 2.38 bits per heavy atom. The first-order valence-corrected chi connectivity index (χ1v) is 5.68. The molecule has 0 radical (unpaired) electrons. The Morgan fingerprint density at radius 2 is 1.81 bits per heavy atom. The average Bonchev–Trinajstić information content (AvgIpc) is 2.62. The maximum absolute atomic E-state index is 12.4. The molecule has 0 spiro atoms. The molecule has 1 aromatic rings. The summed E-state index contributed by atoms with van der Waals surface area (Å²) in [4.78, 5) is 0. The number of hydrogen-bond acceptors (Lipinski definition) is 0. The molecule has 1 atom stereocenters. The summed E-state index contributed by atoms with van der Waals surface area (Å²) in [6.07, 6.45) is -2.33. The fraction of sp³-hybridized carbons (Fsp3) is 0.538. The zero-order chi connectivity index (χ0) is 12.3. The van der Waals surface area contributed by atoms with Gasteiger partial charge in [-0.1, -0.05) is 26.8 Å². The van der Waals surface area contributed by atoms with E-state index < -0.39 is 11.7 Å². The molecule has 0 saturated heterocycles. The molecule has 0 aliphatic heterocycles. The summed E-state index contributed by atoms with van der Waals surface area (Å²) >= 11 is 0. The van der Waals surface area contributed by atoms with Gasteiger partial charge in [-0.05, 0) is 42.0 Å². The quantitative estimate of drug-likeness (QED) is 0.601. The van der Waals surface area contributed by atoms with Gasteiger partial charge in [0.05, 0.1) is 5.56 Å². The minimum absolute atomic E-state index is 0.271. The van der Waals surface area contributed by atoms with Crippen molar-refractivity contribution in [2.45, 2.75) is 45.7 Å². The van der Waals surface area contributed by atoms with Gasteiger partial charge in [0.1, 0.15) is 0 Å². The summed E-state index contributed by atoms with van der Waals surface area (Å²) in [6.45, 7) is 5.98. The van der Waals surface area contributed by atoms with Crippen LogP contribution in [0.2, 0.25) is 0 Å². The third-order valence-corrected chi connectivity index (χ3v) is 2.85. The molecular weight excluding hydrogens is 213 g/mol. The highest BCUT2D eigenvalue weighted by molar-refractivity contribution is 5.38. The normalized spacial score (nSPS) is 18.8. The van der Waals surface area contributed by atoms with Crippen LogP contribution < -0.4 is 0 Å². The van der Waals surface area contributed by atoms with Crippen molar-refractivity contribution < 1.29 is 13.2 Å². The maximum Gasteiger partial charge on any atom is 0.416 e. The van der Waals surface area contributed by atoms with E-state index in [4.69, 9.17) is 0 Å². The van der Waals surface area contributed by atoms with Gasteiger partial charge < -0.3 is 0 Å². The number of alkyl halides is 3. The lowest BCUT2D eigenvalue weighted by Crippen LogP contribution is -2.05. The maximum atomic E-state index is 12.4. The van der Waals surface area contributed by atoms with Crippen LogP contribution in [-0.2, 0) is 12.6 Å². The Kier molecular flexibility index (Phi) is 4.00. The molecule has 0 amide bonds. The number of aryl methyl sites for hydroxylation is 1. The van der Waals surface area contributed by atoms with E-state index in [0.29, 0.717) is 0 Å². The van der Waals surface area contributed by atoms with Gasteiger partial charge in [0, 0.05) is 0 Å². The first-order valence-electron chi connectivity index (χ1n) is 5.68. The third kappa shape index (κ3) is 2.57. The van der Waals surface area contributed by atoms with Crippen molar-refractivity contribution in [3.8, 4) is 0 Å². The summed E-state index contributed by atoms with van der Waals surface area (Å²) in [6, 6.07) is 4.09. The molecule has 0 saturated carbocycles. The highest BCUT2D eigenvalue weighted by Gasteiger charge is 2.32. The summed E-state index contributed by atoms with van der Waals surface area (Å²) < 4.78 is 37.2. The van der Waals surface area contributed by atoms with Crippen molar-refractivity contribution in [3.05, 3.63) is 34.9 Å². The molecule has 3 heteroatoms. The molecule has 1 unspecified atom stereocenters. The molecule has 0 N–H and O–H groups in total. The monoisotopic (exact) mass is 230 g/mol. The molecule has 1 aliphatic rings. The Balaban J connectivity index is 0.000000606. The topological polar surface area (TPSA) is 0 Å². The Bertz CT molecular complexity index is 353. The molecule has 1 aromatic carbocycles. The predicted octanol–water partition coefficient (Wildman–Crippen LogP) is 4.78. The van der Waals surface area contributed by atoms with Gasteiger partial charge in [0.2, 0.25) is 0 Å². The lowest BCUT2D eigenvalue weighted by atomic mass is 10.0. The third-order valence-electron chi connectivity index (χ3n) is 2.85. The molecule has 16 heavy (non-hydrogen) atoms. The van der Waals surface area contributed by atoms with Gasteiger partial charge in [0.25, 0.3) is 0 Å². The minimum Gasteiger partial charge on any atom is -0.166 e. The van der Waals surface area contributed by atoms with Crippen LogP contribution in [-0.4, -0.2) is 0 Å². The molecule has 0 bridgehead atoms. The molecule has 0 heterocycles. The van der Waals surface area contributed by atoms with Crippen LogP contribution in [0.4, 0.5) is 13.2 Å². The molecule has 90 valence electrons. The molecular formula is C13H17F3. The number of benzene rings is 1. The van der Waals surface area contributed by atoms with E-state index in [1.165, 1.54) is 12.1 Å². The van der Waals surface area contributed by atoms with E-state index >= 15 is 0 Å². The van der Waals surface area contributed by atoms with Crippen LogP contribution in [0.5, 0.6) is 0 Å². The highest BCUT2D eigenvalue weighted by Crippen LogP contribution is 2.37. The lowest BCUT2D eigenvalue weighted by Gasteiger charge is -2.10. The Morgan fingerprint density at radius 1 is 1.19 bits per heavy atom. The fourth-order valence-corrected chi connectivity index (χ4v) is 1.99. The van der Waals surface area contributed by atoms with Crippen molar-refractivity contribution in [1.82, 2.24) is 0 Å². The SMILES string of the molecule is CC.CC1CCc2ccc(C(F)(F)F)cc21. The van der Waals surface area contributed by atoms with Gasteiger partial charge in [-0.2, -0.15) is 13.2 Å². The lowest BCUT2D eigenvalue weighted by molar-refractivity contribution is -0.137. The zero-order valence-corrected chi connectivity index (χ0v) is 9.86. The van der Waals surface area contributed by atoms with Crippen LogP contribution in [0.25, 0.3) is 0 Å². The first kappa shape index (κ1) is 13.1. The second-order valence-corrected chi connectivity index (χ2v) is 3.85. The smallest absolute Gasteiger partial charge is 0.166 e. The van der Waals surface area contributed by atoms with Crippen LogP contribution in [0.15, 0.2) is 18.2 Å². The van der Waals surface area contributed by atoms with E-state index in [-0.39, 0.29) is 5.92 Å². The number of fused-ring (bicyclic) bond motifs is 1. The van der Waals surface area contributed by atoms with Crippen molar-refractivity contribution in [2.75, 3.05) is 0 Å². The van der Waals surface area contributed by atoms with E-state index in [0.717, 1.165) is 24.0 Å². The number of rotatable bonds is 0. The molecule has 2 rings (SSSR count). The van der Waals surface area contributed by atoms with E-state index in [9.17, 15) is 13.2 Å². The average molecular weight is 230 g/mol. The van der Waals surface area contributed by atoms with Crippen molar-refractivity contribution in [1.29, 1.82) is 0 Å². The molecule has 0 aromatic heterocycles. The second-order valence-electron chi connectivity index (χ2n) is 3.85. The standard InChI is InChI=1S/C11H11F3.C2H6/c1-7-2-3-8-4-5-9(6-10(7)8)11(12,13)14;1-2/h4-7H,2-3H2,1H3;1-2H3. The van der Waals surface area contributed by atoms with Crippen molar-refractivity contribution in [3.63, 3.8) is 0 Å². The summed E-state index contributed by atoms with van der Waals surface area (Å²) in [5, 5.41) is 0. The number of halogens is 3. The second kappa shape index (κ2) is 4.89. The van der Waals surface area contributed by atoms with E-state index in [1.54, 1.807) is 6.07 Å². The fourth-order valence-electron chi connectivity index (χ4n) is 1.99. The highest BCUT2D eigenvalue weighted by atomic mass is 19.4. The Hall–Kier alpha value is -0.990. The van der Waals surface area contributed by atoms with E-state index in [2.05, 4.69) is 0 Å². The van der Waals surface area contributed by atoms with Gasteiger partial charge in [-0.15, -0.1) is 0 Å². The zero-order valence-electron chi connectivity index (χ0n) is 9.86. The van der Waals surface area contributed by atoms with E-state index in [1.807, 2.05) is 20.8 Å². The van der Waals surface area contributed by atoms with Gasteiger partial charge in [-0.25, -0.2) is 0 Å². The van der Waals surface area contributed by atoms with Crippen molar-refractivity contribution in [2.24, 2.45) is 0 Å². The van der Waals surface area contributed by atoms with Crippen LogP contribution in [0.3, 0.4) is 0 Å². The van der Waals surface area contributed by atoms with Crippen LogP contribution >= 0.6 is 0 Å². The van der Waals surface area contributed by atoms with Gasteiger partial charge in [-0.3, -0.25) is 0 Å². The summed E-state index contributed by atoms with van der Waals surface area (Å²) in [5.74, 6) is 0.271. The summed E-state index contributed by atoms with van der Waals surface area (Å²) in [5.41, 5.74) is 1.43. The Labute approximate surface area is 94.5 Å². The first-order chi connectivity index (χ1) is 7.48. The van der Waals surface area contributed by atoms with Gasteiger partial charge >= 0.3 is 6.18 Å². The summed E-state index contributed by atoms with van der Waals surface area (Å²) in [7, 11) is 0. The van der Waals surface area contributed by atoms with Crippen molar-refractivity contribution >= 4 is 0 Å². The van der Waals surface area contributed by atoms with Crippen LogP contribution in [0, 0.1) is 0 Å². The largest absolute Gasteiger partial charge is 0.416 e. The number of hydrogen-bond donors (Lipinski definition) is 0. The molecule has 0 nitrogen and oxygen atoms in total. The molecule has 1 aliphatic carbocycles. The van der Waals surface area contributed by atoms with Gasteiger partial charge in [0.15, 0.2) is 0 Å². The predicted molar refractivity (Wildman–Crippen MR) is 59.5 cm³/mol. The van der Waals surface area contributed by atoms with Crippen LogP contribution in [0.1, 0.15) is 49.8 Å². The molecule has 0 fully saturated rings. The minimum atomic E-state index is -4.21.